The molecule has 3 aromatic carbocycles. The van der Waals surface area contributed by atoms with Crippen LogP contribution in [-0.4, -0.2) is 59.2 Å². The zero-order chi connectivity index (χ0) is 25.1. The van der Waals surface area contributed by atoms with Crippen molar-refractivity contribution in [1.29, 1.82) is 0 Å². The van der Waals surface area contributed by atoms with Crippen LogP contribution in [0.1, 0.15) is 40.3 Å². The zero-order valence-electron chi connectivity index (χ0n) is 21.0. The van der Waals surface area contributed by atoms with Crippen LogP contribution in [0.15, 0.2) is 77.9 Å². The van der Waals surface area contributed by atoms with Crippen LogP contribution in [0.3, 0.4) is 0 Å². The maximum Gasteiger partial charge on any atom is 0.257 e. The van der Waals surface area contributed by atoms with Gasteiger partial charge >= 0.3 is 0 Å². The lowest BCUT2D eigenvalue weighted by atomic mass is 9.94. The molecule has 5 nitrogen and oxygen atoms in total. The second kappa shape index (κ2) is 11.0. The number of amides is 1. The molecule has 0 radical (unpaired) electrons. The van der Waals surface area contributed by atoms with Crippen LogP contribution < -0.4 is 0 Å². The molecule has 2 aliphatic heterocycles. The number of hydrogen-bond donors (Lipinski definition) is 0. The number of hydrogen-bond acceptors (Lipinski definition) is 4. The van der Waals surface area contributed by atoms with Crippen LogP contribution in [0.5, 0.6) is 0 Å². The van der Waals surface area contributed by atoms with Gasteiger partial charge in [-0.3, -0.25) is 14.6 Å². The number of piperazine rings is 1. The Hall–Kier alpha value is -2.99. The fourth-order valence-corrected chi connectivity index (χ4v) is 5.42. The third-order valence-electron chi connectivity index (χ3n) is 7.22. The molecule has 186 valence electrons. The van der Waals surface area contributed by atoms with Crippen LogP contribution in [0.4, 0.5) is 0 Å². The first-order valence-electron chi connectivity index (χ1n) is 12.7. The molecule has 0 saturated carbocycles. The highest BCUT2D eigenvalue weighted by Gasteiger charge is 2.35. The maximum absolute atomic E-state index is 13.7. The molecule has 2 heterocycles. The van der Waals surface area contributed by atoms with Crippen LogP contribution in [0.2, 0.25) is 5.02 Å². The molecule has 36 heavy (non-hydrogen) atoms. The van der Waals surface area contributed by atoms with E-state index in [4.69, 9.17) is 16.7 Å². The Labute approximate surface area is 219 Å². The van der Waals surface area contributed by atoms with Crippen LogP contribution in [-0.2, 0) is 11.3 Å². The molecule has 5 rings (SSSR count). The second-order valence-electron chi connectivity index (χ2n) is 9.88. The van der Waals surface area contributed by atoms with Gasteiger partial charge in [0.25, 0.3) is 5.91 Å². The Bertz CT molecular complexity index is 1250. The van der Waals surface area contributed by atoms with E-state index in [0.717, 1.165) is 49.6 Å². The number of nitrogens with zero attached hydrogens (tertiary/aromatic N) is 4. The molecule has 1 saturated heterocycles. The Morgan fingerprint density at radius 3 is 2.36 bits per heavy atom. The van der Waals surface area contributed by atoms with Gasteiger partial charge in [-0.1, -0.05) is 83.9 Å². The molecule has 0 N–H and O–H groups in total. The molecule has 1 atom stereocenters. The Kier molecular flexibility index (Phi) is 7.51. The molecule has 3 aromatic rings. The number of hydrazone groups is 1. The molecular formula is C30H33ClN4O. The minimum absolute atomic E-state index is 0.0412. The van der Waals surface area contributed by atoms with Crippen molar-refractivity contribution >= 4 is 23.2 Å². The normalized spacial score (nSPS) is 18.9. The molecule has 0 aliphatic carbocycles. The average Bonchev–Trinajstić information content (AvgIpc) is 3.33. The Morgan fingerprint density at radius 1 is 0.917 bits per heavy atom. The van der Waals surface area contributed by atoms with E-state index in [1.54, 1.807) is 5.01 Å². The van der Waals surface area contributed by atoms with E-state index in [-0.39, 0.29) is 11.9 Å². The predicted octanol–water partition coefficient (Wildman–Crippen LogP) is 5.45. The van der Waals surface area contributed by atoms with Gasteiger partial charge in [0.1, 0.15) is 0 Å². The fraction of sp³-hybridized carbons (Fsp3) is 0.333. The summed E-state index contributed by atoms with van der Waals surface area (Å²) < 4.78 is 0. The van der Waals surface area contributed by atoms with Gasteiger partial charge in [0.2, 0.25) is 0 Å². The topological polar surface area (TPSA) is 39.2 Å². The van der Waals surface area contributed by atoms with Gasteiger partial charge in [-0.15, -0.1) is 0 Å². The Morgan fingerprint density at radius 2 is 1.61 bits per heavy atom. The summed E-state index contributed by atoms with van der Waals surface area (Å²) in [5.41, 5.74) is 6.61. The summed E-state index contributed by atoms with van der Waals surface area (Å²) in [4.78, 5) is 18.4. The Balaban J connectivity index is 1.31. The highest BCUT2D eigenvalue weighted by Crippen LogP contribution is 2.36. The van der Waals surface area contributed by atoms with Gasteiger partial charge in [-0.05, 0) is 36.6 Å². The highest BCUT2D eigenvalue weighted by atomic mass is 35.5. The van der Waals surface area contributed by atoms with Crippen molar-refractivity contribution in [3.63, 3.8) is 0 Å². The summed E-state index contributed by atoms with van der Waals surface area (Å²) >= 11 is 6.51. The van der Waals surface area contributed by atoms with Crippen molar-refractivity contribution in [2.24, 2.45) is 5.10 Å². The van der Waals surface area contributed by atoms with E-state index in [9.17, 15) is 4.79 Å². The van der Waals surface area contributed by atoms with Crippen LogP contribution in [0, 0.1) is 13.8 Å². The predicted molar refractivity (Wildman–Crippen MR) is 146 cm³/mol. The number of benzene rings is 3. The molecule has 2 aliphatic rings. The lowest BCUT2D eigenvalue weighted by Crippen LogP contribution is -2.49. The highest BCUT2D eigenvalue weighted by molar-refractivity contribution is 6.34. The van der Waals surface area contributed by atoms with Gasteiger partial charge in [0, 0.05) is 49.7 Å². The SMILES string of the molecule is Cc1ccc(C)c([C@H]2CC(c3ccccc3Cl)=NN2C(=O)CN2CCN(Cc3ccccc3)CC2)c1. The molecule has 1 fully saturated rings. The molecule has 0 spiro atoms. The van der Waals surface area contributed by atoms with Gasteiger partial charge in [0.05, 0.1) is 18.3 Å². The summed E-state index contributed by atoms with van der Waals surface area (Å²) in [7, 11) is 0. The minimum Gasteiger partial charge on any atom is -0.297 e. The molecular weight excluding hydrogens is 468 g/mol. The summed E-state index contributed by atoms with van der Waals surface area (Å²) in [6.45, 7) is 9.19. The van der Waals surface area contributed by atoms with Crippen molar-refractivity contribution in [2.75, 3.05) is 32.7 Å². The summed E-state index contributed by atoms with van der Waals surface area (Å²) in [5, 5.41) is 7.25. The fourth-order valence-electron chi connectivity index (χ4n) is 5.17. The second-order valence-corrected chi connectivity index (χ2v) is 10.3. The van der Waals surface area contributed by atoms with E-state index in [0.29, 0.717) is 18.0 Å². The summed E-state index contributed by atoms with van der Waals surface area (Å²) in [5.74, 6) is 0.0412. The van der Waals surface area contributed by atoms with Gasteiger partial charge in [-0.2, -0.15) is 5.10 Å². The van der Waals surface area contributed by atoms with E-state index < -0.39 is 0 Å². The smallest absolute Gasteiger partial charge is 0.257 e. The third-order valence-corrected chi connectivity index (χ3v) is 7.55. The first-order valence-corrected chi connectivity index (χ1v) is 13.1. The number of aryl methyl sites for hydroxylation is 2. The molecule has 0 unspecified atom stereocenters. The standard InChI is InChI=1S/C30H33ClN4O/c1-22-12-13-23(2)26(18-22)29-19-28(25-10-6-7-11-27(25)31)32-35(29)30(36)21-34-16-14-33(15-17-34)20-24-8-4-3-5-9-24/h3-13,18,29H,14-17,19-21H2,1-2H3/t29-/m1/s1. The number of carbonyl (C=O) groups is 1. The number of carbonyl (C=O) groups excluding carboxylic acids is 1. The lowest BCUT2D eigenvalue weighted by molar-refractivity contribution is -0.134. The van der Waals surface area contributed by atoms with Gasteiger partial charge in [-0.25, -0.2) is 5.01 Å². The number of halogens is 1. The van der Waals surface area contributed by atoms with Gasteiger partial charge < -0.3 is 0 Å². The van der Waals surface area contributed by atoms with Crippen LogP contribution in [0.25, 0.3) is 0 Å². The van der Waals surface area contributed by atoms with Crippen molar-refractivity contribution in [3.8, 4) is 0 Å². The number of rotatable bonds is 6. The molecule has 0 aromatic heterocycles. The van der Waals surface area contributed by atoms with Gasteiger partial charge in [0.15, 0.2) is 0 Å². The molecule has 1 amide bonds. The molecule has 6 heteroatoms. The first-order chi connectivity index (χ1) is 17.5. The summed E-state index contributed by atoms with van der Waals surface area (Å²) in [6.07, 6.45) is 0.657. The third kappa shape index (κ3) is 5.54. The van der Waals surface area contributed by atoms with Crippen molar-refractivity contribution in [3.05, 3.63) is 106 Å². The minimum atomic E-state index is -0.122. The summed E-state index contributed by atoms with van der Waals surface area (Å²) in [6, 6.07) is 24.6. The van der Waals surface area contributed by atoms with E-state index >= 15 is 0 Å². The van der Waals surface area contributed by atoms with Crippen molar-refractivity contribution in [2.45, 2.75) is 32.9 Å². The van der Waals surface area contributed by atoms with Crippen molar-refractivity contribution in [1.82, 2.24) is 14.8 Å². The maximum atomic E-state index is 13.7. The van der Waals surface area contributed by atoms with E-state index in [2.05, 4.69) is 72.2 Å². The van der Waals surface area contributed by atoms with E-state index in [1.807, 2.05) is 24.3 Å². The lowest BCUT2D eigenvalue weighted by Gasteiger charge is -2.35. The van der Waals surface area contributed by atoms with Crippen LogP contribution >= 0.6 is 11.6 Å². The van der Waals surface area contributed by atoms with E-state index in [1.165, 1.54) is 16.7 Å². The van der Waals surface area contributed by atoms with Crippen molar-refractivity contribution < 1.29 is 4.79 Å². The average molecular weight is 501 g/mol. The first kappa shape index (κ1) is 24.7. The largest absolute Gasteiger partial charge is 0.297 e. The quantitative estimate of drug-likeness (QED) is 0.451. The zero-order valence-corrected chi connectivity index (χ0v) is 21.8. The monoisotopic (exact) mass is 500 g/mol. The molecule has 0 bridgehead atoms.